The molecule has 0 aromatic rings. The Bertz CT molecular complexity index is 340. The van der Waals surface area contributed by atoms with Crippen LogP contribution in [0, 0.1) is 11.3 Å². The average molecular weight is 226 g/mol. The molecule has 0 spiro atoms. The Morgan fingerprint density at radius 1 is 1.31 bits per heavy atom. The van der Waals surface area contributed by atoms with Crippen LogP contribution in [0.4, 0.5) is 4.79 Å². The number of carbonyl (C=O) groups excluding carboxylic acids is 3. The van der Waals surface area contributed by atoms with Gasteiger partial charge in [0.25, 0.3) is 0 Å². The smallest absolute Gasteiger partial charge is 0.277 e. The second kappa shape index (κ2) is 4.23. The van der Waals surface area contributed by atoms with Crippen LogP contribution >= 0.6 is 0 Å². The van der Waals surface area contributed by atoms with E-state index in [1.54, 1.807) is 6.92 Å². The summed E-state index contributed by atoms with van der Waals surface area (Å²) in [6, 6.07) is -0.637. The molecule has 0 saturated carbocycles. The van der Waals surface area contributed by atoms with Crippen molar-refractivity contribution in [1.82, 2.24) is 10.2 Å². The molecule has 0 aliphatic carbocycles. The summed E-state index contributed by atoms with van der Waals surface area (Å²) >= 11 is 0. The van der Waals surface area contributed by atoms with Gasteiger partial charge in [0, 0.05) is 7.05 Å². The topological polar surface area (TPSA) is 66.5 Å². The maximum absolute atomic E-state index is 12.1. The van der Waals surface area contributed by atoms with Gasteiger partial charge in [0.1, 0.15) is 5.41 Å². The molecule has 1 saturated heterocycles. The van der Waals surface area contributed by atoms with Gasteiger partial charge in [-0.05, 0) is 12.3 Å². The number of hydrogen-bond donors (Lipinski definition) is 1. The van der Waals surface area contributed by atoms with Crippen molar-refractivity contribution in [2.75, 3.05) is 7.05 Å². The molecule has 0 aromatic carbocycles. The molecule has 0 aromatic heterocycles. The third-order valence-electron chi connectivity index (χ3n) is 3.63. The quantitative estimate of drug-likeness (QED) is 0.734. The number of urea groups is 1. The molecule has 5 heteroatoms. The Kier molecular flexibility index (Phi) is 3.35. The van der Waals surface area contributed by atoms with Crippen LogP contribution < -0.4 is 5.32 Å². The van der Waals surface area contributed by atoms with Crippen molar-refractivity contribution in [1.29, 1.82) is 0 Å². The highest BCUT2D eigenvalue weighted by Crippen LogP contribution is 2.37. The van der Waals surface area contributed by atoms with Crippen LogP contribution in [0.25, 0.3) is 0 Å². The highest BCUT2D eigenvalue weighted by atomic mass is 16.2. The van der Waals surface area contributed by atoms with Crippen LogP contribution in [0.5, 0.6) is 0 Å². The number of nitrogens with zero attached hydrogens (tertiary/aromatic N) is 1. The van der Waals surface area contributed by atoms with E-state index in [0.717, 1.165) is 11.3 Å². The van der Waals surface area contributed by atoms with Crippen LogP contribution in [0.1, 0.15) is 33.6 Å². The molecule has 4 amide bonds. The zero-order valence-electron chi connectivity index (χ0n) is 10.2. The minimum absolute atomic E-state index is 0.0828. The Labute approximate surface area is 95.2 Å². The van der Waals surface area contributed by atoms with Crippen LogP contribution in [-0.2, 0) is 9.59 Å². The predicted molar refractivity (Wildman–Crippen MR) is 58.5 cm³/mol. The fourth-order valence-corrected chi connectivity index (χ4v) is 2.22. The largest absolute Gasteiger partial charge is 0.330 e. The van der Waals surface area contributed by atoms with E-state index in [9.17, 15) is 14.4 Å². The summed E-state index contributed by atoms with van der Waals surface area (Å²) in [7, 11) is 1.40. The van der Waals surface area contributed by atoms with Crippen molar-refractivity contribution in [3.63, 3.8) is 0 Å². The van der Waals surface area contributed by atoms with Crippen molar-refractivity contribution >= 4 is 17.8 Å². The van der Waals surface area contributed by atoms with E-state index in [0.29, 0.717) is 6.42 Å². The van der Waals surface area contributed by atoms with E-state index in [2.05, 4.69) is 5.32 Å². The van der Waals surface area contributed by atoms with E-state index >= 15 is 0 Å². The summed E-state index contributed by atoms with van der Waals surface area (Å²) in [6.45, 7) is 5.59. The van der Waals surface area contributed by atoms with Crippen LogP contribution in [-0.4, -0.2) is 29.8 Å². The maximum atomic E-state index is 12.1. The van der Waals surface area contributed by atoms with Crippen molar-refractivity contribution in [2.24, 2.45) is 11.3 Å². The molecular formula is C11H18N2O3. The van der Waals surface area contributed by atoms with Gasteiger partial charge in [-0.3, -0.25) is 19.8 Å². The molecule has 1 rings (SSSR count). The van der Waals surface area contributed by atoms with E-state index in [1.807, 2.05) is 13.8 Å². The summed E-state index contributed by atoms with van der Waals surface area (Å²) in [5.41, 5.74) is -1.09. The Balaban J connectivity index is 3.21. The van der Waals surface area contributed by atoms with Gasteiger partial charge in [0.2, 0.25) is 11.8 Å². The maximum Gasteiger partial charge on any atom is 0.330 e. The molecule has 5 nitrogen and oxygen atoms in total. The summed E-state index contributed by atoms with van der Waals surface area (Å²) in [5, 5.41) is 2.24. The summed E-state index contributed by atoms with van der Waals surface area (Å²) < 4.78 is 0. The van der Waals surface area contributed by atoms with E-state index in [4.69, 9.17) is 0 Å². The standard InChI is InChI=1S/C11H18N2O3/c1-5-7(3)11(6-2)8(14)12-10(16)13(4)9(11)15/h7H,5-6H2,1-4H3,(H,12,14,16). The lowest BCUT2D eigenvalue weighted by Gasteiger charge is -2.40. The zero-order chi connectivity index (χ0) is 12.5. The highest BCUT2D eigenvalue weighted by molar-refractivity contribution is 6.19. The number of amides is 4. The molecule has 1 fully saturated rings. The zero-order valence-corrected chi connectivity index (χ0v) is 10.2. The van der Waals surface area contributed by atoms with Gasteiger partial charge in [0.15, 0.2) is 0 Å². The lowest BCUT2D eigenvalue weighted by Crippen LogP contribution is -2.64. The molecule has 1 aliphatic heterocycles. The normalized spacial score (nSPS) is 28.0. The van der Waals surface area contributed by atoms with Crippen LogP contribution in [0.2, 0.25) is 0 Å². The monoisotopic (exact) mass is 226 g/mol. The van der Waals surface area contributed by atoms with E-state index in [-0.39, 0.29) is 5.92 Å². The van der Waals surface area contributed by atoms with Gasteiger partial charge < -0.3 is 0 Å². The molecule has 2 unspecified atom stereocenters. The van der Waals surface area contributed by atoms with Gasteiger partial charge in [-0.1, -0.05) is 27.2 Å². The van der Waals surface area contributed by atoms with E-state index < -0.39 is 23.3 Å². The molecule has 90 valence electrons. The third-order valence-corrected chi connectivity index (χ3v) is 3.63. The fourth-order valence-electron chi connectivity index (χ4n) is 2.22. The molecule has 16 heavy (non-hydrogen) atoms. The predicted octanol–water partition coefficient (Wildman–Crippen LogP) is 1.14. The average Bonchev–Trinajstić information content (AvgIpc) is 2.27. The second-order valence-electron chi connectivity index (χ2n) is 4.26. The number of hydrogen-bond acceptors (Lipinski definition) is 3. The molecule has 1 N–H and O–H groups in total. The van der Waals surface area contributed by atoms with Gasteiger partial charge in [-0.2, -0.15) is 0 Å². The fraction of sp³-hybridized carbons (Fsp3) is 0.727. The number of nitrogens with one attached hydrogen (secondary N) is 1. The van der Waals surface area contributed by atoms with Gasteiger partial charge in [0.05, 0.1) is 0 Å². The second-order valence-corrected chi connectivity index (χ2v) is 4.26. The summed E-state index contributed by atoms with van der Waals surface area (Å²) in [4.78, 5) is 36.4. The molecule has 0 bridgehead atoms. The molecule has 1 aliphatic rings. The SMILES string of the molecule is CCC(C)C1(CC)C(=O)NC(=O)N(C)C1=O. The number of rotatable bonds is 3. The summed E-state index contributed by atoms with van der Waals surface area (Å²) in [5.74, 6) is -0.934. The first-order chi connectivity index (χ1) is 7.41. The molecular weight excluding hydrogens is 208 g/mol. The van der Waals surface area contributed by atoms with Crippen LogP contribution in [0.3, 0.4) is 0 Å². The Morgan fingerprint density at radius 2 is 1.88 bits per heavy atom. The highest BCUT2D eigenvalue weighted by Gasteiger charge is 2.54. The van der Waals surface area contributed by atoms with Gasteiger partial charge in [-0.25, -0.2) is 4.79 Å². The van der Waals surface area contributed by atoms with Crippen molar-refractivity contribution in [3.05, 3.63) is 0 Å². The first-order valence-electron chi connectivity index (χ1n) is 5.55. The van der Waals surface area contributed by atoms with Crippen molar-refractivity contribution < 1.29 is 14.4 Å². The number of carbonyl (C=O) groups is 3. The van der Waals surface area contributed by atoms with Gasteiger partial charge in [-0.15, -0.1) is 0 Å². The minimum Gasteiger partial charge on any atom is -0.277 e. The van der Waals surface area contributed by atoms with E-state index in [1.165, 1.54) is 7.05 Å². The number of barbiturate groups is 1. The molecule has 0 radical (unpaired) electrons. The lowest BCUT2D eigenvalue weighted by molar-refractivity contribution is -0.154. The third kappa shape index (κ3) is 1.50. The first-order valence-corrected chi connectivity index (χ1v) is 5.55. The molecule has 1 heterocycles. The summed E-state index contributed by atoms with van der Waals surface area (Å²) in [6.07, 6.45) is 1.12. The number of imide groups is 2. The van der Waals surface area contributed by atoms with Gasteiger partial charge >= 0.3 is 6.03 Å². The first kappa shape index (κ1) is 12.7. The molecule has 2 atom stereocenters. The Morgan fingerprint density at radius 3 is 2.31 bits per heavy atom. The lowest BCUT2D eigenvalue weighted by atomic mass is 9.70. The Hall–Kier alpha value is -1.39. The van der Waals surface area contributed by atoms with Crippen molar-refractivity contribution in [3.8, 4) is 0 Å². The minimum atomic E-state index is -1.09. The van der Waals surface area contributed by atoms with Crippen molar-refractivity contribution in [2.45, 2.75) is 33.6 Å². The van der Waals surface area contributed by atoms with Crippen LogP contribution in [0.15, 0.2) is 0 Å².